The summed E-state index contributed by atoms with van der Waals surface area (Å²) in [6.45, 7) is -0.147. The van der Waals surface area contributed by atoms with E-state index in [0.717, 1.165) is 6.07 Å². The highest BCUT2D eigenvalue weighted by molar-refractivity contribution is 5.93. The molecule has 0 aromatic heterocycles. The molecule has 0 unspecified atom stereocenters. The highest BCUT2D eigenvalue weighted by Crippen LogP contribution is 2.21. The van der Waals surface area contributed by atoms with Gasteiger partial charge in [0, 0.05) is 22.1 Å². The summed E-state index contributed by atoms with van der Waals surface area (Å²) in [5.41, 5.74) is 13.1. The lowest BCUT2D eigenvalue weighted by molar-refractivity contribution is -0.385. The number of benzene rings is 1. The van der Waals surface area contributed by atoms with Gasteiger partial charge in [-0.15, -0.1) is 0 Å². The molecule has 0 saturated heterocycles. The first-order valence-corrected chi connectivity index (χ1v) is 4.14. The van der Waals surface area contributed by atoms with E-state index < -0.39 is 10.8 Å². The van der Waals surface area contributed by atoms with Crippen LogP contribution in [0.15, 0.2) is 23.3 Å². The number of carbonyl (C=O) groups is 1. The largest absolute Gasteiger partial charge is 0.366 e. The molecule has 1 rings (SSSR count). The predicted molar refractivity (Wildman–Crippen MR) is 54.5 cm³/mol. The van der Waals surface area contributed by atoms with Gasteiger partial charge in [-0.1, -0.05) is 11.2 Å². The second-order valence-electron chi connectivity index (χ2n) is 2.85. The van der Waals surface area contributed by atoms with Gasteiger partial charge in [0.25, 0.3) is 5.69 Å². The number of nitro benzene ring substituents is 1. The van der Waals surface area contributed by atoms with Crippen LogP contribution in [-0.2, 0) is 6.54 Å². The van der Waals surface area contributed by atoms with E-state index in [9.17, 15) is 14.9 Å². The van der Waals surface area contributed by atoms with Gasteiger partial charge < -0.3 is 5.73 Å². The molecule has 1 amide bonds. The Labute approximate surface area is 89.4 Å². The summed E-state index contributed by atoms with van der Waals surface area (Å²) in [5.74, 6) is -0.751. The van der Waals surface area contributed by atoms with Gasteiger partial charge in [0.15, 0.2) is 0 Å². The molecule has 0 bridgehead atoms. The number of azide groups is 1. The third-order valence-electron chi connectivity index (χ3n) is 1.87. The minimum absolute atomic E-state index is 0.0383. The first-order chi connectivity index (χ1) is 7.56. The van der Waals surface area contributed by atoms with Gasteiger partial charge in [-0.25, -0.2) is 0 Å². The molecule has 0 aliphatic heterocycles. The summed E-state index contributed by atoms with van der Waals surface area (Å²) >= 11 is 0. The maximum Gasteiger partial charge on any atom is 0.273 e. The SMILES string of the molecule is [N-]=[N+]=NCc1ccc(C(N)=O)cc1[N+](=O)[O-]. The minimum atomic E-state index is -0.751. The molecule has 82 valence electrons. The van der Waals surface area contributed by atoms with Crippen LogP contribution >= 0.6 is 0 Å². The number of rotatable bonds is 4. The van der Waals surface area contributed by atoms with Gasteiger partial charge in [-0.05, 0) is 11.6 Å². The van der Waals surface area contributed by atoms with Crippen molar-refractivity contribution in [2.45, 2.75) is 6.54 Å². The Hall–Kier alpha value is -2.60. The summed E-state index contributed by atoms with van der Waals surface area (Å²) in [4.78, 5) is 23.3. The van der Waals surface area contributed by atoms with E-state index >= 15 is 0 Å². The Balaban J connectivity index is 3.24. The Morgan fingerprint density at radius 2 is 2.31 bits per heavy atom. The maximum atomic E-state index is 10.8. The Bertz CT molecular complexity index is 492. The fourth-order valence-electron chi connectivity index (χ4n) is 1.13. The molecule has 0 fully saturated rings. The first kappa shape index (κ1) is 11.5. The number of hydrogen-bond acceptors (Lipinski definition) is 4. The molecule has 0 radical (unpaired) electrons. The van der Waals surface area contributed by atoms with E-state index in [-0.39, 0.29) is 23.4 Å². The smallest absolute Gasteiger partial charge is 0.273 e. The lowest BCUT2D eigenvalue weighted by Gasteiger charge is -2.01. The van der Waals surface area contributed by atoms with Crippen LogP contribution in [-0.4, -0.2) is 10.8 Å². The minimum Gasteiger partial charge on any atom is -0.366 e. The second-order valence-corrected chi connectivity index (χ2v) is 2.85. The number of carbonyl (C=O) groups excluding carboxylic acids is 1. The molecule has 1 aromatic rings. The van der Waals surface area contributed by atoms with Crippen molar-refractivity contribution in [1.29, 1.82) is 0 Å². The van der Waals surface area contributed by atoms with Crippen molar-refractivity contribution in [2.75, 3.05) is 0 Å². The van der Waals surface area contributed by atoms with E-state index in [0.29, 0.717) is 0 Å². The van der Waals surface area contributed by atoms with Crippen molar-refractivity contribution in [2.24, 2.45) is 10.8 Å². The molecule has 0 aliphatic rings. The number of nitrogens with zero attached hydrogens (tertiary/aromatic N) is 4. The molecule has 8 heteroatoms. The van der Waals surface area contributed by atoms with Crippen molar-refractivity contribution in [1.82, 2.24) is 0 Å². The van der Waals surface area contributed by atoms with Crippen molar-refractivity contribution in [3.05, 3.63) is 49.9 Å². The first-order valence-electron chi connectivity index (χ1n) is 4.14. The van der Waals surface area contributed by atoms with Crippen LogP contribution < -0.4 is 5.73 Å². The maximum absolute atomic E-state index is 10.8. The molecule has 16 heavy (non-hydrogen) atoms. The van der Waals surface area contributed by atoms with Crippen molar-refractivity contribution < 1.29 is 9.72 Å². The van der Waals surface area contributed by atoms with E-state index in [1.165, 1.54) is 12.1 Å². The molecular formula is C8H7N5O3. The van der Waals surface area contributed by atoms with Crippen LogP contribution in [0.4, 0.5) is 5.69 Å². The zero-order chi connectivity index (χ0) is 12.1. The number of hydrogen-bond donors (Lipinski definition) is 1. The quantitative estimate of drug-likeness (QED) is 0.271. The molecule has 0 aliphatic carbocycles. The fourth-order valence-corrected chi connectivity index (χ4v) is 1.13. The van der Waals surface area contributed by atoms with Gasteiger partial charge in [0.2, 0.25) is 5.91 Å². The molecule has 0 saturated carbocycles. The lowest BCUT2D eigenvalue weighted by atomic mass is 10.1. The van der Waals surface area contributed by atoms with E-state index in [1.807, 2.05) is 0 Å². The van der Waals surface area contributed by atoms with Gasteiger partial charge in [0.1, 0.15) is 0 Å². The number of nitro groups is 1. The highest BCUT2D eigenvalue weighted by atomic mass is 16.6. The molecule has 0 atom stereocenters. The van der Waals surface area contributed by atoms with Crippen LogP contribution in [0.25, 0.3) is 10.4 Å². The molecule has 2 N–H and O–H groups in total. The van der Waals surface area contributed by atoms with Crippen molar-refractivity contribution >= 4 is 11.6 Å². The van der Waals surface area contributed by atoms with Gasteiger partial charge in [-0.2, -0.15) is 0 Å². The van der Waals surface area contributed by atoms with Gasteiger partial charge >= 0.3 is 0 Å². The van der Waals surface area contributed by atoms with Crippen molar-refractivity contribution in [3.63, 3.8) is 0 Å². The number of nitrogens with two attached hydrogens (primary N) is 1. The Morgan fingerprint density at radius 3 is 2.81 bits per heavy atom. The van der Waals surface area contributed by atoms with Crippen LogP contribution in [0, 0.1) is 10.1 Å². The molecule has 0 heterocycles. The Kier molecular flexibility index (Phi) is 3.41. The standard InChI is InChI=1S/C8H7N5O3/c9-8(14)5-1-2-6(4-11-12-10)7(3-5)13(15)16/h1-3H,4H2,(H2,9,14). The third-order valence-corrected chi connectivity index (χ3v) is 1.87. The van der Waals surface area contributed by atoms with Crippen molar-refractivity contribution in [3.8, 4) is 0 Å². The molecule has 0 spiro atoms. The van der Waals surface area contributed by atoms with Crippen LogP contribution in [0.5, 0.6) is 0 Å². The average Bonchev–Trinajstić information content (AvgIpc) is 2.25. The third kappa shape index (κ3) is 2.46. The normalized spacial score (nSPS) is 9.25. The number of primary amides is 1. The van der Waals surface area contributed by atoms with E-state index in [4.69, 9.17) is 11.3 Å². The van der Waals surface area contributed by atoms with Gasteiger partial charge in [-0.3, -0.25) is 14.9 Å². The van der Waals surface area contributed by atoms with E-state index in [2.05, 4.69) is 10.0 Å². The topological polar surface area (TPSA) is 135 Å². The zero-order valence-corrected chi connectivity index (χ0v) is 8.03. The second kappa shape index (κ2) is 4.76. The van der Waals surface area contributed by atoms with Crippen LogP contribution in [0.1, 0.15) is 15.9 Å². The van der Waals surface area contributed by atoms with Crippen LogP contribution in [0.3, 0.4) is 0 Å². The summed E-state index contributed by atoms with van der Waals surface area (Å²) in [6.07, 6.45) is 0. The summed E-state index contributed by atoms with van der Waals surface area (Å²) in [7, 11) is 0. The predicted octanol–water partition coefficient (Wildman–Crippen LogP) is 1.50. The molecular weight excluding hydrogens is 214 g/mol. The fraction of sp³-hybridized carbons (Fsp3) is 0.125. The molecule has 1 aromatic carbocycles. The Morgan fingerprint density at radius 1 is 1.62 bits per heavy atom. The zero-order valence-electron chi connectivity index (χ0n) is 8.03. The average molecular weight is 221 g/mol. The monoisotopic (exact) mass is 221 g/mol. The lowest BCUT2D eigenvalue weighted by Crippen LogP contribution is -2.11. The molecule has 8 nitrogen and oxygen atoms in total. The van der Waals surface area contributed by atoms with Gasteiger partial charge in [0.05, 0.1) is 11.5 Å². The summed E-state index contributed by atoms with van der Waals surface area (Å²) in [6, 6.07) is 3.75. The summed E-state index contributed by atoms with van der Waals surface area (Å²) in [5, 5.41) is 13.9. The van der Waals surface area contributed by atoms with E-state index in [1.54, 1.807) is 0 Å². The number of amides is 1. The summed E-state index contributed by atoms with van der Waals surface area (Å²) < 4.78 is 0. The van der Waals surface area contributed by atoms with Crippen LogP contribution in [0.2, 0.25) is 0 Å². The highest BCUT2D eigenvalue weighted by Gasteiger charge is 2.15.